The molecule has 4 aromatic rings. The lowest BCUT2D eigenvalue weighted by atomic mass is 10.2. The third-order valence-electron chi connectivity index (χ3n) is 5.37. The zero-order valence-electron chi connectivity index (χ0n) is 21.4. The minimum atomic E-state index is -0.544. The Morgan fingerprint density at radius 3 is 2.37 bits per heavy atom. The predicted octanol–water partition coefficient (Wildman–Crippen LogP) is 6.36. The third kappa shape index (κ3) is 6.80. The maximum atomic E-state index is 12.6. The van der Waals surface area contributed by atoms with Gasteiger partial charge in [0.15, 0.2) is 11.5 Å². The monoisotopic (exact) mass is 509 g/mol. The molecule has 0 unspecified atom stereocenters. The fourth-order valence-electron chi connectivity index (χ4n) is 3.49. The van der Waals surface area contributed by atoms with E-state index in [9.17, 15) is 10.1 Å². The quantitative estimate of drug-likeness (QED) is 0.228. The number of esters is 1. The molecule has 8 heteroatoms. The average molecular weight is 510 g/mol. The van der Waals surface area contributed by atoms with Crippen molar-refractivity contribution in [1.82, 2.24) is 4.98 Å². The van der Waals surface area contributed by atoms with E-state index in [4.69, 9.17) is 18.9 Å². The summed E-state index contributed by atoms with van der Waals surface area (Å²) in [6.07, 6.45) is 0. The van der Waals surface area contributed by atoms with Crippen LogP contribution in [0.1, 0.15) is 28.4 Å². The molecule has 0 saturated carbocycles. The first-order chi connectivity index (χ1) is 18.4. The Hall–Kier alpha value is -5.03. The molecule has 0 aliphatic rings. The number of pyridine rings is 1. The van der Waals surface area contributed by atoms with Gasteiger partial charge in [0.05, 0.1) is 23.8 Å². The van der Waals surface area contributed by atoms with E-state index in [1.165, 1.54) is 12.1 Å². The summed E-state index contributed by atoms with van der Waals surface area (Å²) in [5.74, 6) is 0.900. The van der Waals surface area contributed by atoms with Crippen molar-refractivity contribution in [1.29, 1.82) is 5.26 Å². The maximum absolute atomic E-state index is 12.6. The number of aromatic nitrogens is 1. The van der Waals surface area contributed by atoms with Crippen LogP contribution in [0.15, 0.2) is 84.9 Å². The molecule has 3 aromatic carbocycles. The molecule has 4 rings (SSSR count). The number of nitriles is 1. The van der Waals surface area contributed by atoms with Crippen molar-refractivity contribution in [2.45, 2.75) is 13.5 Å². The first-order valence-electron chi connectivity index (χ1n) is 12.0. The molecule has 0 saturated heterocycles. The van der Waals surface area contributed by atoms with Crippen LogP contribution < -0.4 is 19.1 Å². The number of anilines is 1. The van der Waals surface area contributed by atoms with E-state index in [-0.39, 0.29) is 29.7 Å². The van der Waals surface area contributed by atoms with E-state index >= 15 is 0 Å². The Kier molecular flexibility index (Phi) is 8.42. The molecule has 1 heterocycles. The lowest BCUT2D eigenvalue weighted by Gasteiger charge is -2.15. The van der Waals surface area contributed by atoms with Crippen molar-refractivity contribution >= 4 is 11.7 Å². The van der Waals surface area contributed by atoms with Crippen LogP contribution in [0.2, 0.25) is 0 Å². The zero-order valence-corrected chi connectivity index (χ0v) is 21.4. The molecular formula is C30H27N3O5. The van der Waals surface area contributed by atoms with Gasteiger partial charge in [-0.1, -0.05) is 36.4 Å². The van der Waals surface area contributed by atoms with Gasteiger partial charge in [-0.3, -0.25) is 0 Å². The summed E-state index contributed by atoms with van der Waals surface area (Å²) in [5, 5.41) is 9.43. The van der Waals surface area contributed by atoms with Gasteiger partial charge < -0.3 is 23.8 Å². The molecule has 0 spiro atoms. The highest BCUT2D eigenvalue weighted by Gasteiger charge is 2.16. The summed E-state index contributed by atoms with van der Waals surface area (Å²) in [5.41, 5.74) is 2.50. The van der Waals surface area contributed by atoms with Gasteiger partial charge in [-0.15, -0.1) is 0 Å². The highest BCUT2D eigenvalue weighted by molar-refractivity contribution is 5.90. The molecule has 1 aromatic heterocycles. The van der Waals surface area contributed by atoms with Crippen LogP contribution in [-0.4, -0.2) is 31.7 Å². The Bertz CT molecular complexity index is 1450. The molecule has 0 N–H and O–H groups in total. The standard InChI is InChI=1S/C30H27N3O5/c1-4-35-30(34)23-16-28(37-25-12-8-11-24(18-25)33(2)3)32-29(17-23)38-27-15-22(19-31)13-14-26(27)36-20-21-9-6-5-7-10-21/h5-18H,4,20H2,1-3H3. The first kappa shape index (κ1) is 26.0. The second-order valence-electron chi connectivity index (χ2n) is 8.40. The van der Waals surface area contributed by atoms with Gasteiger partial charge in [-0.2, -0.15) is 10.2 Å². The van der Waals surface area contributed by atoms with Gasteiger partial charge in [0, 0.05) is 44.0 Å². The largest absolute Gasteiger partial charge is 0.485 e. The second kappa shape index (κ2) is 12.3. The molecule has 0 atom stereocenters. The predicted molar refractivity (Wildman–Crippen MR) is 143 cm³/mol. The SMILES string of the molecule is CCOC(=O)c1cc(Oc2cccc(N(C)C)c2)nc(Oc2cc(C#N)ccc2OCc2ccccc2)c1. The van der Waals surface area contributed by atoms with Gasteiger partial charge in [0.1, 0.15) is 12.4 Å². The van der Waals surface area contributed by atoms with E-state index in [2.05, 4.69) is 11.1 Å². The summed E-state index contributed by atoms with van der Waals surface area (Å²) < 4.78 is 23.2. The molecule has 38 heavy (non-hydrogen) atoms. The molecule has 0 radical (unpaired) electrons. The van der Waals surface area contributed by atoms with Crippen LogP contribution in [0.25, 0.3) is 0 Å². The van der Waals surface area contributed by atoms with Crippen LogP contribution in [0.3, 0.4) is 0 Å². The number of rotatable bonds is 10. The number of ether oxygens (including phenoxy) is 4. The van der Waals surface area contributed by atoms with E-state index in [1.807, 2.05) is 67.5 Å². The van der Waals surface area contributed by atoms with Crippen molar-refractivity contribution in [3.63, 3.8) is 0 Å². The van der Waals surface area contributed by atoms with Crippen LogP contribution in [0, 0.1) is 11.3 Å². The number of nitrogens with zero attached hydrogens (tertiary/aromatic N) is 3. The number of hydrogen-bond acceptors (Lipinski definition) is 8. The smallest absolute Gasteiger partial charge is 0.338 e. The lowest BCUT2D eigenvalue weighted by molar-refractivity contribution is 0.0525. The first-order valence-corrected chi connectivity index (χ1v) is 12.0. The van der Waals surface area contributed by atoms with Crippen molar-refractivity contribution < 1.29 is 23.7 Å². The highest BCUT2D eigenvalue weighted by atomic mass is 16.5. The third-order valence-corrected chi connectivity index (χ3v) is 5.37. The fraction of sp³-hybridized carbons (Fsp3) is 0.167. The van der Waals surface area contributed by atoms with Crippen LogP contribution in [0.5, 0.6) is 29.0 Å². The second-order valence-corrected chi connectivity index (χ2v) is 8.40. The summed E-state index contributed by atoms with van der Waals surface area (Å²) in [7, 11) is 3.86. The molecule has 0 fully saturated rings. The van der Waals surface area contributed by atoms with E-state index < -0.39 is 5.97 Å². The van der Waals surface area contributed by atoms with Crippen molar-refractivity contribution in [3.05, 3.63) is 102 Å². The van der Waals surface area contributed by atoms with E-state index in [0.717, 1.165) is 11.3 Å². The molecule has 0 amide bonds. The van der Waals surface area contributed by atoms with Gasteiger partial charge in [-0.05, 0) is 36.8 Å². The molecule has 0 aliphatic heterocycles. The van der Waals surface area contributed by atoms with Gasteiger partial charge in [0.25, 0.3) is 0 Å². The summed E-state index contributed by atoms with van der Waals surface area (Å²) in [6.45, 7) is 2.24. The molecule has 192 valence electrons. The topological polar surface area (TPSA) is 93.9 Å². The van der Waals surface area contributed by atoms with Crippen LogP contribution in [0.4, 0.5) is 5.69 Å². The number of carbonyl (C=O) groups is 1. The molecule has 8 nitrogen and oxygen atoms in total. The lowest BCUT2D eigenvalue weighted by Crippen LogP contribution is -2.08. The van der Waals surface area contributed by atoms with Crippen LogP contribution >= 0.6 is 0 Å². The van der Waals surface area contributed by atoms with Gasteiger partial charge in [0.2, 0.25) is 11.8 Å². The average Bonchev–Trinajstić information content (AvgIpc) is 2.93. The van der Waals surface area contributed by atoms with E-state index in [1.54, 1.807) is 31.2 Å². The molecular weight excluding hydrogens is 482 g/mol. The van der Waals surface area contributed by atoms with Crippen molar-refractivity contribution in [3.8, 4) is 35.1 Å². The highest BCUT2D eigenvalue weighted by Crippen LogP contribution is 2.34. The van der Waals surface area contributed by atoms with E-state index in [0.29, 0.717) is 23.7 Å². The van der Waals surface area contributed by atoms with Crippen LogP contribution in [-0.2, 0) is 11.3 Å². The normalized spacial score (nSPS) is 10.3. The minimum Gasteiger partial charge on any atom is -0.485 e. The Morgan fingerprint density at radius 1 is 0.895 bits per heavy atom. The zero-order chi connectivity index (χ0) is 26.9. The van der Waals surface area contributed by atoms with Crippen molar-refractivity contribution in [2.24, 2.45) is 0 Å². The van der Waals surface area contributed by atoms with Gasteiger partial charge >= 0.3 is 5.97 Å². The Labute approximate surface area is 221 Å². The minimum absolute atomic E-state index is 0.0777. The summed E-state index contributed by atoms with van der Waals surface area (Å²) >= 11 is 0. The van der Waals surface area contributed by atoms with Crippen molar-refractivity contribution in [2.75, 3.05) is 25.6 Å². The Morgan fingerprint density at radius 2 is 1.66 bits per heavy atom. The molecule has 0 aliphatic carbocycles. The molecule has 0 bridgehead atoms. The maximum Gasteiger partial charge on any atom is 0.338 e. The summed E-state index contributed by atoms with van der Waals surface area (Å²) in [6, 6.07) is 27.0. The van der Waals surface area contributed by atoms with Gasteiger partial charge in [-0.25, -0.2) is 4.79 Å². The summed E-state index contributed by atoms with van der Waals surface area (Å²) in [4.78, 5) is 19.0. The number of benzene rings is 3. The Balaban J connectivity index is 1.66. The number of carbonyl (C=O) groups excluding carboxylic acids is 1. The number of hydrogen-bond donors (Lipinski definition) is 0. The fourth-order valence-corrected chi connectivity index (χ4v) is 3.49.